The van der Waals surface area contributed by atoms with E-state index in [1.807, 2.05) is 26.8 Å². The molecule has 1 aliphatic rings. The number of methoxy groups -OCH3 is 1. The topological polar surface area (TPSA) is 83.9 Å². The number of carboxylic acid groups (broad SMARTS) is 1. The quantitative estimate of drug-likeness (QED) is 0.908. The van der Waals surface area contributed by atoms with Crippen molar-refractivity contribution in [3.8, 4) is 5.75 Å². The Balaban J connectivity index is 2.56. The van der Waals surface area contributed by atoms with Crippen LogP contribution < -0.4 is 4.74 Å². The average molecular weight is 341 g/mol. The normalized spacial score (nSPS) is 19.7. The molecule has 1 heterocycles. The van der Waals surface area contributed by atoms with Gasteiger partial charge in [-0.1, -0.05) is 26.8 Å². The molecule has 0 spiro atoms. The minimum absolute atomic E-state index is 0.0283. The summed E-state index contributed by atoms with van der Waals surface area (Å²) in [5.41, 5.74) is 0.622. The van der Waals surface area contributed by atoms with E-state index in [2.05, 4.69) is 0 Å². The summed E-state index contributed by atoms with van der Waals surface area (Å²) in [5, 5.41) is 9.27. The number of carbonyl (C=O) groups is 1. The largest absolute Gasteiger partial charge is 0.495 e. The molecule has 0 aromatic heterocycles. The lowest BCUT2D eigenvalue weighted by Gasteiger charge is -2.25. The Morgan fingerprint density at radius 1 is 1.35 bits per heavy atom. The number of benzene rings is 1. The van der Waals surface area contributed by atoms with Crippen LogP contribution >= 0.6 is 0 Å². The lowest BCUT2D eigenvalue weighted by molar-refractivity contribution is -0.140. The molecule has 6 nitrogen and oxygen atoms in total. The van der Waals surface area contributed by atoms with Gasteiger partial charge in [-0.3, -0.25) is 4.79 Å². The average Bonchev–Trinajstić information content (AvgIpc) is 2.96. The van der Waals surface area contributed by atoms with Gasteiger partial charge in [0.2, 0.25) is 10.0 Å². The highest BCUT2D eigenvalue weighted by Gasteiger charge is 2.41. The first kappa shape index (κ1) is 17.7. The zero-order valence-electron chi connectivity index (χ0n) is 13.9. The van der Waals surface area contributed by atoms with Crippen LogP contribution in [0.1, 0.15) is 39.2 Å². The van der Waals surface area contributed by atoms with Gasteiger partial charge >= 0.3 is 5.97 Å². The third-order valence-electron chi connectivity index (χ3n) is 4.11. The summed E-state index contributed by atoms with van der Waals surface area (Å²) in [6.07, 6.45) is 0.868. The van der Waals surface area contributed by atoms with Gasteiger partial charge in [0.25, 0.3) is 0 Å². The second kappa shape index (κ2) is 6.13. The first-order chi connectivity index (χ1) is 10.6. The van der Waals surface area contributed by atoms with Crippen LogP contribution in [0.25, 0.3) is 0 Å². The number of rotatable bonds is 4. The van der Waals surface area contributed by atoms with Gasteiger partial charge in [-0.15, -0.1) is 0 Å². The molecule has 23 heavy (non-hydrogen) atoms. The Kier molecular flexibility index (Phi) is 4.73. The predicted molar refractivity (Wildman–Crippen MR) is 86.2 cm³/mol. The van der Waals surface area contributed by atoms with Crippen LogP contribution in [0, 0.1) is 0 Å². The first-order valence-electron chi connectivity index (χ1n) is 7.52. The van der Waals surface area contributed by atoms with Crippen LogP contribution in [-0.4, -0.2) is 43.5 Å². The maximum absolute atomic E-state index is 13.0. The minimum Gasteiger partial charge on any atom is -0.495 e. The van der Waals surface area contributed by atoms with Crippen molar-refractivity contribution in [3.63, 3.8) is 0 Å². The Morgan fingerprint density at radius 3 is 2.52 bits per heavy atom. The molecule has 7 heteroatoms. The predicted octanol–water partition coefficient (Wildman–Crippen LogP) is 2.23. The third kappa shape index (κ3) is 3.35. The van der Waals surface area contributed by atoms with E-state index in [0.29, 0.717) is 12.8 Å². The second-order valence-corrected chi connectivity index (χ2v) is 8.59. The van der Waals surface area contributed by atoms with Crippen molar-refractivity contribution in [3.05, 3.63) is 23.8 Å². The molecule has 1 atom stereocenters. The summed E-state index contributed by atoms with van der Waals surface area (Å²) in [7, 11) is -2.52. The van der Waals surface area contributed by atoms with E-state index in [1.165, 1.54) is 7.11 Å². The molecule has 0 aliphatic carbocycles. The van der Waals surface area contributed by atoms with E-state index in [4.69, 9.17) is 4.74 Å². The van der Waals surface area contributed by atoms with E-state index < -0.39 is 22.0 Å². The highest BCUT2D eigenvalue weighted by Crippen LogP contribution is 2.35. The minimum atomic E-state index is -3.93. The van der Waals surface area contributed by atoms with Crippen LogP contribution in [0.15, 0.2) is 23.1 Å². The number of hydrogen-bond donors (Lipinski definition) is 1. The van der Waals surface area contributed by atoms with Gasteiger partial charge in [0, 0.05) is 6.54 Å². The highest BCUT2D eigenvalue weighted by molar-refractivity contribution is 7.89. The first-order valence-corrected chi connectivity index (χ1v) is 8.96. The monoisotopic (exact) mass is 341 g/mol. The number of sulfonamides is 1. The molecule has 0 unspecified atom stereocenters. The summed E-state index contributed by atoms with van der Waals surface area (Å²) < 4.78 is 32.3. The summed E-state index contributed by atoms with van der Waals surface area (Å²) >= 11 is 0. The number of ether oxygens (including phenoxy) is 1. The Hall–Kier alpha value is -1.60. The smallest absolute Gasteiger partial charge is 0.322 e. The van der Waals surface area contributed by atoms with Gasteiger partial charge in [0.05, 0.1) is 7.11 Å². The molecule has 0 radical (unpaired) electrons. The van der Waals surface area contributed by atoms with Gasteiger partial charge in [0.1, 0.15) is 16.7 Å². The zero-order valence-corrected chi connectivity index (χ0v) is 14.7. The van der Waals surface area contributed by atoms with Crippen LogP contribution in [0.2, 0.25) is 0 Å². The van der Waals surface area contributed by atoms with E-state index >= 15 is 0 Å². The zero-order chi connectivity index (χ0) is 17.4. The number of carboxylic acids is 1. The Bertz CT molecular complexity index is 706. The fourth-order valence-corrected chi connectivity index (χ4v) is 4.58. The second-order valence-electron chi connectivity index (χ2n) is 6.73. The van der Waals surface area contributed by atoms with Crippen molar-refractivity contribution in [1.29, 1.82) is 0 Å². The fourth-order valence-electron chi connectivity index (χ4n) is 2.75. The molecule has 1 N–H and O–H groups in total. The molecule has 0 amide bonds. The molecule has 1 aromatic carbocycles. The van der Waals surface area contributed by atoms with E-state index in [9.17, 15) is 18.3 Å². The van der Waals surface area contributed by atoms with E-state index in [0.717, 1.165) is 9.87 Å². The number of nitrogens with zero attached hydrogens (tertiary/aromatic N) is 1. The van der Waals surface area contributed by atoms with Crippen molar-refractivity contribution < 1.29 is 23.1 Å². The molecule has 1 fully saturated rings. The van der Waals surface area contributed by atoms with Crippen molar-refractivity contribution in [2.45, 2.75) is 50.0 Å². The molecule has 2 rings (SSSR count). The molecule has 1 aromatic rings. The maximum Gasteiger partial charge on any atom is 0.322 e. The van der Waals surface area contributed by atoms with Crippen LogP contribution in [0.5, 0.6) is 5.75 Å². The van der Waals surface area contributed by atoms with E-state index in [-0.39, 0.29) is 22.6 Å². The van der Waals surface area contributed by atoms with Crippen LogP contribution in [-0.2, 0) is 20.2 Å². The van der Waals surface area contributed by atoms with Gasteiger partial charge < -0.3 is 9.84 Å². The summed E-state index contributed by atoms with van der Waals surface area (Å²) in [6.45, 7) is 6.17. The SMILES string of the molecule is COc1ccc(C(C)(C)C)cc1S(=O)(=O)N1CCC[C@H]1C(=O)O. The highest BCUT2D eigenvalue weighted by atomic mass is 32.2. The van der Waals surface area contributed by atoms with Crippen molar-refractivity contribution in [1.82, 2.24) is 4.31 Å². The van der Waals surface area contributed by atoms with Crippen LogP contribution in [0.3, 0.4) is 0 Å². The third-order valence-corrected chi connectivity index (χ3v) is 6.03. The maximum atomic E-state index is 13.0. The summed E-state index contributed by atoms with van der Waals surface area (Å²) in [6, 6.07) is 4.03. The molecule has 128 valence electrons. The van der Waals surface area contributed by atoms with Gasteiger partial charge in [0.15, 0.2) is 0 Å². The molecule has 1 aliphatic heterocycles. The number of aliphatic carboxylic acids is 1. The van der Waals surface area contributed by atoms with Gasteiger partial charge in [-0.25, -0.2) is 8.42 Å². The van der Waals surface area contributed by atoms with Crippen LogP contribution in [0.4, 0.5) is 0 Å². The molecule has 0 bridgehead atoms. The molecule has 1 saturated heterocycles. The Labute approximate surface area is 137 Å². The van der Waals surface area contributed by atoms with E-state index in [1.54, 1.807) is 12.1 Å². The Morgan fingerprint density at radius 2 is 2.00 bits per heavy atom. The molecule has 0 saturated carbocycles. The molecular formula is C16H23NO5S. The summed E-state index contributed by atoms with van der Waals surface area (Å²) in [4.78, 5) is 11.4. The lowest BCUT2D eigenvalue weighted by Crippen LogP contribution is -2.40. The number of hydrogen-bond acceptors (Lipinski definition) is 4. The fraction of sp³-hybridized carbons (Fsp3) is 0.562. The molecular weight excluding hydrogens is 318 g/mol. The van der Waals surface area contributed by atoms with Gasteiger partial charge in [-0.05, 0) is 36.0 Å². The standard InChI is InChI=1S/C16H23NO5S/c1-16(2,3)11-7-8-13(22-4)14(10-11)23(20,21)17-9-5-6-12(17)15(18)19/h7-8,10,12H,5-6,9H2,1-4H3,(H,18,19)/t12-/m0/s1. The van der Waals surface area contributed by atoms with Gasteiger partial charge in [-0.2, -0.15) is 4.31 Å². The lowest BCUT2D eigenvalue weighted by atomic mass is 9.87. The summed E-state index contributed by atoms with van der Waals surface area (Å²) in [5.74, 6) is -0.883. The van der Waals surface area contributed by atoms with Crippen molar-refractivity contribution in [2.24, 2.45) is 0 Å². The van der Waals surface area contributed by atoms with Crippen molar-refractivity contribution in [2.75, 3.05) is 13.7 Å². The van der Waals surface area contributed by atoms with Crippen molar-refractivity contribution >= 4 is 16.0 Å².